The summed E-state index contributed by atoms with van der Waals surface area (Å²) in [5.41, 5.74) is 3.99. The van der Waals surface area contributed by atoms with Crippen molar-refractivity contribution < 1.29 is 19.1 Å². The van der Waals surface area contributed by atoms with E-state index in [1.807, 2.05) is 42.2 Å². The summed E-state index contributed by atoms with van der Waals surface area (Å²) in [6.07, 6.45) is 8.84. The number of anilines is 1. The van der Waals surface area contributed by atoms with E-state index >= 15 is 0 Å². The van der Waals surface area contributed by atoms with Gasteiger partial charge in [0.25, 0.3) is 5.91 Å². The number of carbonyl (C=O) groups excluding carboxylic acids is 2. The van der Waals surface area contributed by atoms with Gasteiger partial charge in [0.1, 0.15) is 5.75 Å². The number of nitrogens with one attached hydrogen (secondary N) is 1. The lowest BCUT2D eigenvalue weighted by atomic mass is 9.76. The highest BCUT2D eigenvalue weighted by Gasteiger charge is 2.38. The molecule has 3 aliphatic rings. The van der Waals surface area contributed by atoms with E-state index in [2.05, 4.69) is 29.6 Å². The number of allylic oxidation sites excluding steroid dienone is 2. The Balaban J connectivity index is 1.28. The van der Waals surface area contributed by atoms with Crippen LogP contribution in [0.15, 0.2) is 54.6 Å². The predicted octanol–water partition coefficient (Wildman–Crippen LogP) is 5.08. The van der Waals surface area contributed by atoms with Crippen LogP contribution < -0.4 is 10.1 Å². The molecule has 5 rings (SSSR count). The third-order valence-corrected chi connectivity index (χ3v) is 7.18. The molecule has 2 aromatic rings. The van der Waals surface area contributed by atoms with Crippen molar-refractivity contribution in [1.29, 1.82) is 0 Å². The maximum absolute atomic E-state index is 12.4. The minimum atomic E-state index is -0.277. The third kappa shape index (κ3) is 4.54. The molecule has 1 amide bonds. The standard InChI is InChI=1S/C28H32N2O4/c1-2-33-28(32)20-11-14-25-24(17-20)22-7-6-8-23(22)27(29-25)19-9-12-21(13-10-19)34-18-26(31)30-15-4-3-5-16-30/h6-7,9-14,17,22-23,27,29H,2-5,8,15-16,18H2,1H3/t22-,23+,27+/m1/s1. The molecule has 0 bridgehead atoms. The highest BCUT2D eigenvalue weighted by Crippen LogP contribution is 2.50. The summed E-state index contributed by atoms with van der Waals surface area (Å²) in [6.45, 7) is 3.96. The molecule has 0 saturated carbocycles. The summed E-state index contributed by atoms with van der Waals surface area (Å²) < 4.78 is 11.0. The van der Waals surface area contributed by atoms with Crippen LogP contribution in [-0.4, -0.2) is 43.1 Å². The topological polar surface area (TPSA) is 67.9 Å². The van der Waals surface area contributed by atoms with Crippen LogP contribution in [0.1, 0.15) is 66.1 Å². The minimum Gasteiger partial charge on any atom is -0.484 e. The Labute approximate surface area is 200 Å². The summed E-state index contributed by atoms with van der Waals surface area (Å²) in [7, 11) is 0. The largest absolute Gasteiger partial charge is 0.484 e. The Morgan fingerprint density at radius 1 is 1.06 bits per heavy atom. The van der Waals surface area contributed by atoms with E-state index in [1.54, 1.807) is 0 Å². The van der Waals surface area contributed by atoms with Crippen LogP contribution >= 0.6 is 0 Å². The van der Waals surface area contributed by atoms with Crippen LogP contribution in [0.5, 0.6) is 5.75 Å². The van der Waals surface area contributed by atoms with Gasteiger partial charge in [-0.3, -0.25) is 4.79 Å². The van der Waals surface area contributed by atoms with Crippen molar-refractivity contribution in [3.8, 4) is 5.75 Å². The number of rotatable bonds is 6. The number of piperidine rings is 1. The fraction of sp³-hybridized carbons (Fsp3) is 0.429. The monoisotopic (exact) mass is 460 g/mol. The van der Waals surface area contributed by atoms with Crippen molar-refractivity contribution in [1.82, 2.24) is 4.90 Å². The second kappa shape index (κ2) is 9.92. The summed E-state index contributed by atoms with van der Waals surface area (Å²) in [6, 6.07) is 14.0. The van der Waals surface area contributed by atoms with E-state index in [0.29, 0.717) is 23.8 Å². The SMILES string of the molecule is CCOC(=O)c1ccc2c(c1)[C@@H]1C=CC[C@@H]1[C@H](c1ccc(OCC(=O)N3CCCCC3)cc1)N2. The quantitative estimate of drug-likeness (QED) is 0.481. The van der Waals surface area contributed by atoms with Gasteiger partial charge >= 0.3 is 5.97 Å². The van der Waals surface area contributed by atoms with Gasteiger partial charge in [-0.15, -0.1) is 0 Å². The molecule has 0 spiro atoms. The molecule has 2 aromatic carbocycles. The van der Waals surface area contributed by atoms with Gasteiger partial charge in [-0.1, -0.05) is 24.3 Å². The molecular weight excluding hydrogens is 428 g/mol. The van der Waals surface area contributed by atoms with E-state index in [9.17, 15) is 9.59 Å². The van der Waals surface area contributed by atoms with Gasteiger partial charge in [0.2, 0.25) is 0 Å². The smallest absolute Gasteiger partial charge is 0.338 e. The second-order valence-electron chi connectivity index (χ2n) is 9.30. The highest BCUT2D eigenvalue weighted by atomic mass is 16.5. The third-order valence-electron chi connectivity index (χ3n) is 7.18. The molecular formula is C28H32N2O4. The van der Waals surface area contributed by atoms with Crippen molar-refractivity contribution in [2.45, 2.75) is 44.6 Å². The number of amides is 1. The first-order chi connectivity index (χ1) is 16.6. The van der Waals surface area contributed by atoms with Gasteiger partial charge in [0.05, 0.1) is 18.2 Å². The molecule has 178 valence electrons. The number of ether oxygens (including phenoxy) is 2. The van der Waals surface area contributed by atoms with Crippen LogP contribution in [0.2, 0.25) is 0 Å². The highest BCUT2D eigenvalue weighted by molar-refractivity contribution is 5.90. The molecule has 1 N–H and O–H groups in total. The average Bonchev–Trinajstić information content (AvgIpc) is 3.38. The van der Waals surface area contributed by atoms with Crippen LogP contribution in [0.4, 0.5) is 5.69 Å². The van der Waals surface area contributed by atoms with Crippen molar-refractivity contribution in [2.75, 3.05) is 31.6 Å². The zero-order chi connectivity index (χ0) is 23.5. The number of carbonyl (C=O) groups is 2. The van der Waals surface area contributed by atoms with Crippen molar-refractivity contribution in [3.05, 3.63) is 71.3 Å². The number of hydrogen-bond acceptors (Lipinski definition) is 5. The lowest BCUT2D eigenvalue weighted by Crippen LogP contribution is -2.38. The van der Waals surface area contributed by atoms with Crippen LogP contribution in [-0.2, 0) is 9.53 Å². The van der Waals surface area contributed by atoms with Crippen molar-refractivity contribution in [3.63, 3.8) is 0 Å². The summed E-state index contributed by atoms with van der Waals surface area (Å²) >= 11 is 0. The molecule has 0 unspecified atom stereocenters. The zero-order valence-corrected chi connectivity index (χ0v) is 19.7. The summed E-state index contributed by atoms with van der Waals surface area (Å²) in [5, 5.41) is 3.70. The predicted molar refractivity (Wildman–Crippen MR) is 131 cm³/mol. The first-order valence-corrected chi connectivity index (χ1v) is 12.4. The molecule has 6 nitrogen and oxygen atoms in total. The molecule has 1 aliphatic carbocycles. The molecule has 0 radical (unpaired) electrons. The minimum absolute atomic E-state index is 0.0661. The van der Waals surface area contributed by atoms with Crippen LogP contribution in [0.25, 0.3) is 0 Å². The van der Waals surface area contributed by atoms with Gasteiger partial charge in [0.15, 0.2) is 6.61 Å². The van der Waals surface area contributed by atoms with E-state index in [-0.39, 0.29) is 30.4 Å². The van der Waals surface area contributed by atoms with Crippen molar-refractivity contribution >= 4 is 17.6 Å². The summed E-state index contributed by atoms with van der Waals surface area (Å²) in [4.78, 5) is 26.5. The van der Waals surface area contributed by atoms with Gasteiger partial charge in [-0.25, -0.2) is 4.79 Å². The number of nitrogens with zero attached hydrogens (tertiary/aromatic N) is 1. The van der Waals surface area contributed by atoms with Crippen LogP contribution in [0, 0.1) is 5.92 Å². The normalized spacial score (nSPS) is 23.0. The number of hydrogen-bond donors (Lipinski definition) is 1. The van der Waals surface area contributed by atoms with Gasteiger partial charge in [0, 0.05) is 24.7 Å². The first kappa shape index (κ1) is 22.5. The van der Waals surface area contributed by atoms with Crippen LogP contribution in [0.3, 0.4) is 0 Å². The van der Waals surface area contributed by atoms with Gasteiger partial charge in [-0.2, -0.15) is 0 Å². The lowest BCUT2D eigenvalue weighted by molar-refractivity contribution is -0.134. The molecule has 1 fully saturated rings. The number of likely N-dealkylation sites (tertiary alicyclic amines) is 1. The number of esters is 1. The van der Waals surface area contributed by atoms with E-state index in [0.717, 1.165) is 43.6 Å². The Kier molecular flexibility index (Phi) is 6.57. The Bertz CT molecular complexity index is 1070. The fourth-order valence-electron chi connectivity index (χ4n) is 5.42. The molecule has 2 aliphatic heterocycles. The molecule has 6 heteroatoms. The average molecular weight is 461 g/mol. The summed E-state index contributed by atoms with van der Waals surface area (Å²) in [5.74, 6) is 1.13. The second-order valence-corrected chi connectivity index (χ2v) is 9.30. The Morgan fingerprint density at radius 2 is 1.85 bits per heavy atom. The van der Waals surface area contributed by atoms with E-state index < -0.39 is 0 Å². The number of benzene rings is 2. The molecule has 2 heterocycles. The number of fused-ring (bicyclic) bond motifs is 3. The molecule has 0 aromatic heterocycles. The first-order valence-electron chi connectivity index (χ1n) is 12.4. The Hall–Kier alpha value is -3.28. The van der Waals surface area contributed by atoms with Gasteiger partial charge < -0.3 is 19.7 Å². The van der Waals surface area contributed by atoms with Gasteiger partial charge in [-0.05, 0) is 80.0 Å². The fourth-order valence-corrected chi connectivity index (χ4v) is 5.42. The maximum Gasteiger partial charge on any atom is 0.338 e. The van der Waals surface area contributed by atoms with E-state index in [4.69, 9.17) is 9.47 Å². The van der Waals surface area contributed by atoms with Crippen molar-refractivity contribution in [2.24, 2.45) is 5.92 Å². The maximum atomic E-state index is 12.4. The van der Waals surface area contributed by atoms with E-state index in [1.165, 1.54) is 12.0 Å². The molecule has 3 atom stereocenters. The molecule has 1 saturated heterocycles. The molecule has 34 heavy (non-hydrogen) atoms. The zero-order valence-electron chi connectivity index (χ0n) is 19.7. The lowest BCUT2D eigenvalue weighted by Gasteiger charge is -2.37. The Morgan fingerprint density at radius 3 is 2.62 bits per heavy atom.